The molecule has 1 aromatic carbocycles. The highest BCUT2D eigenvalue weighted by Crippen LogP contribution is 2.18. The molecule has 2 rings (SSSR count). The predicted octanol–water partition coefficient (Wildman–Crippen LogP) is 1.42. The number of hydrogen-bond acceptors (Lipinski definition) is 4. The van der Waals surface area contributed by atoms with E-state index in [0.29, 0.717) is 0 Å². The third-order valence-corrected chi connectivity index (χ3v) is 4.24. The van der Waals surface area contributed by atoms with E-state index < -0.39 is 0 Å². The van der Waals surface area contributed by atoms with Crippen LogP contribution in [0.25, 0.3) is 0 Å². The molecule has 1 aliphatic rings. The Kier molecular flexibility index (Phi) is 6.64. The second-order valence-electron chi connectivity index (χ2n) is 5.98. The van der Waals surface area contributed by atoms with Gasteiger partial charge in [-0.15, -0.1) is 0 Å². The van der Waals surface area contributed by atoms with Crippen molar-refractivity contribution < 1.29 is 10.2 Å². The average Bonchev–Trinajstić information content (AvgIpc) is 2.71. The highest BCUT2D eigenvalue weighted by molar-refractivity contribution is 5.23. The summed E-state index contributed by atoms with van der Waals surface area (Å²) in [7, 11) is 0. The van der Waals surface area contributed by atoms with Gasteiger partial charge in [0.25, 0.3) is 0 Å². The molecule has 1 fully saturated rings. The minimum atomic E-state index is -0.373. The van der Waals surface area contributed by atoms with Gasteiger partial charge in [-0.1, -0.05) is 29.8 Å². The third-order valence-electron chi connectivity index (χ3n) is 4.24. The van der Waals surface area contributed by atoms with Crippen LogP contribution in [0.5, 0.6) is 0 Å². The van der Waals surface area contributed by atoms with Crippen molar-refractivity contribution >= 4 is 0 Å². The number of rotatable bonds is 6. The smallest absolute Gasteiger partial charge is 0.0802 e. The quantitative estimate of drug-likeness (QED) is 0.832. The SMILES string of the molecule is Cc1cccc(C(O)CCN2CCCN(CCO)CC2)c1. The number of aryl methyl sites for hydroxylation is 1. The predicted molar refractivity (Wildman–Crippen MR) is 85.3 cm³/mol. The van der Waals surface area contributed by atoms with Gasteiger partial charge in [0.1, 0.15) is 0 Å². The van der Waals surface area contributed by atoms with Gasteiger partial charge in [-0.2, -0.15) is 0 Å². The Balaban J connectivity index is 1.77. The Morgan fingerprint density at radius 3 is 2.48 bits per heavy atom. The maximum absolute atomic E-state index is 10.3. The van der Waals surface area contributed by atoms with E-state index >= 15 is 0 Å². The first-order valence-corrected chi connectivity index (χ1v) is 7.99. The van der Waals surface area contributed by atoms with Gasteiger partial charge in [0.2, 0.25) is 0 Å². The maximum atomic E-state index is 10.3. The largest absolute Gasteiger partial charge is 0.395 e. The molecule has 118 valence electrons. The molecule has 0 saturated carbocycles. The monoisotopic (exact) mass is 292 g/mol. The molecule has 0 aromatic heterocycles. The van der Waals surface area contributed by atoms with Crippen molar-refractivity contribution in [1.82, 2.24) is 9.80 Å². The normalized spacial score (nSPS) is 19.4. The van der Waals surface area contributed by atoms with Crippen LogP contribution < -0.4 is 0 Å². The van der Waals surface area contributed by atoms with E-state index in [9.17, 15) is 5.11 Å². The number of benzene rings is 1. The number of aliphatic hydroxyl groups excluding tert-OH is 2. The van der Waals surface area contributed by atoms with Crippen LogP contribution >= 0.6 is 0 Å². The Morgan fingerprint density at radius 2 is 1.81 bits per heavy atom. The van der Waals surface area contributed by atoms with Crippen LogP contribution in [0.4, 0.5) is 0 Å². The lowest BCUT2D eigenvalue weighted by Crippen LogP contribution is -2.33. The van der Waals surface area contributed by atoms with Crippen LogP contribution in [-0.4, -0.2) is 65.9 Å². The van der Waals surface area contributed by atoms with Crippen LogP contribution in [0, 0.1) is 6.92 Å². The first-order valence-electron chi connectivity index (χ1n) is 7.99. The minimum Gasteiger partial charge on any atom is -0.395 e. The summed E-state index contributed by atoms with van der Waals surface area (Å²) in [6, 6.07) is 8.13. The molecule has 1 heterocycles. The summed E-state index contributed by atoms with van der Waals surface area (Å²) in [4.78, 5) is 4.74. The van der Waals surface area contributed by atoms with Gasteiger partial charge in [0.15, 0.2) is 0 Å². The second-order valence-corrected chi connectivity index (χ2v) is 5.98. The maximum Gasteiger partial charge on any atom is 0.0802 e. The Hall–Kier alpha value is -0.940. The van der Waals surface area contributed by atoms with E-state index in [2.05, 4.69) is 28.9 Å². The fourth-order valence-electron chi connectivity index (χ4n) is 2.96. The molecule has 4 heteroatoms. The standard InChI is InChI=1S/C17H28N2O2/c1-15-4-2-5-16(14-15)17(21)6-9-18-7-3-8-19(11-10-18)12-13-20/h2,4-5,14,17,20-21H,3,6-13H2,1H3. The van der Waals surface area contributed by atoms with Crippen molar-refractivity contribution in [2.24, 2.45) is 0 Å². The molecule has 1 aromatic rings. The summed E-state index contributed by atoms with van der Waals surface area (Å²) in [6.07, 6.45) is 1.55. The molecule has 2 N–H and O–H groups in total. The van der Waals surface area contributed by atoms with Crippen molar-refractivity contribution in [2.75, 3.05) is 45.9 Å². The summed E-state index contributed by atoms with van der Waals surface area (Å²) >= 11 is 0. The van der Waals surface area contributed by atoms with Gasteiger partial charge in [-0.05, 0) is 38.4 Å². The van der Waals surface area contributed by atoms with Gasteiger partial charge < -0.3 is 15.1 Å². The molecular formula is C17H28N2O2. The Labute approximate surface area is 128 Å². The van der Waals surface area contributed by atoms with Gasteiger partial charge >= 0.3 is 0 Å². The van der Waals surface area contributed by atoms with Crippen molar-refractivity contribution in [3.8, 4) is 0 Å². The lowest BCUT2D eigenvalue weighted by molar-refractivity contribution is 0.141. The highest BCUT2D eigenvalue weighted by Gasteiger charge is 2.16. The number of aliphatic hydroxyl groups is 2. The summed E-state index contributed by atoms with van der Waals surface area (Å²) < 4.78 is 0. The zero-order chi connectivity index (χ0) is 15.1. The topological polar surface area (TPSA) is 46.9 Å². The lowest BCUT2D eigenvalue weighted by atomic mass is 10.0. The molecular weight excluding hydrogens is 264 g/mol. The van der Waals surface area contributed by atoms with Gasteiger partial charge in [0.05, 0.1) is 12.7 Å². The number of nitrogens with zero attached hydrogens (tertiary/aromatic N) is 2. The van der Waals surface area contributed by atoms with E-state index in [4.69, 9.17) is 5.11 Å². The third kappa shape index (κ3) is 5.40. The van der Waals surface area contributed by atoms with Crippen LogP contribution in [0.1, 0.15) is 30.1 Å². The molecule has 1 unspecified atom stereocenters. The molecule has 4 nitrogen and oxygen atoms in total. The highest BCUT2D eigenvalue weighted by atomic mass is 16.3. The van der Waals surface area contributed by atoms with Crippen molar-refractivity contribution in [1.29, 1.82) is 0 Å². The molecule has 1 aliphatic heterocycles. The molecule has 1 saturated heterocycles. The molecule has 0 spiro atoms. The van der Waals surface area contributed by atoms with Crippen LogP contribution in [0.3, 0.4) is 0 Å². The second kappa shape index (κ2) is 8.49. The fourth-order valence-corrected chi connectivity index (χ4v) is 2.96. The molecule has 21 heavy (non-hydrogen) atoms. The van der Waals surface area contributed by atoms with Gasteiger partial charge in [0, 0.05) is 26.2 Å². The number of hydrogen-bond donors (Lipinski definition) is 2. The molecule has 0 bridgehead atoms. The van der Waals surface area contributed by atoms with Crippen LogP contribution in [0.15, 0.2) is 24.3 Å². The first-order chi connectivity index (χ1) is 10.2. The first kappa shape index (κ1) is 16.4. The molecule has 1 atom stereocenters. The lowest BCUT2D eigenvalue weighted by Gasteiger charge is -2.22. The van der Waals surface area contributed by atoms with Crippen molar-refractivity contribution in [3.63, 3.8) is 0 Å². The summed E-state index contributed by atoms with van der Waals surface area (Å²) in [5, 5.41) is 19.3. The number of β-amino-alcohol motifs (C(OH)–C–C–N with tert-alkyl or cyclic N) is 1. The molecule has 0 radical (unpaired) electrons. The van der Waals surface area contributed by atoms with Gasteiger partial charge in [-0.3, -0.25) is 4.90 Å². The average molecular weight is 292 g/mol. The fraction of sp³-hybridized carbons (Fsp3) is 0.647. The Morgan fingerprint density at radius 1 is 1.10 bits per heavy atom. The Bertz CT molecular complexity index is 425. The molecule has 0 aliphatic carbocycles. The van der Waals surface area contributed by atoms with E-state index in [-0.39, 0.29) is 12.7 Å². The summed E-state index contributed by atoms with van der Waals surface area (Å²) in [5.41, 5.74) is 2.22. The van der Waals surface area contributed by atoms with Crippen molar-refractivity contribution in [2.45, 2.75) is 25.9 Å². The van der Waals surface area contributed by atoms with Crippen LogP contribution in [0.2, 0.25) is 0 Å². The van der Waals surface area contributed by atoms with E-state index in [0.717, 1.165) is 57.7 Å². The molecule has 0 amide bonds. The summed E-state index contributed by atoms with van der Waals surface area (Å²) in [6.45, 7) is 8.20. The minimum absolute atomic E-state index is 0.242. The van der Waals surface area contributed by atoms with Crippen LogP contribution in [-0.2, 0) is 0 Å². The van der Waals surface area contributed by atoms with Crippen molar-refractivity contribution in [3.05, 3.63) is 35.4 Å². The zero-order valence-electron chi connectivity index (χ0n) is 13.0. The van der Waals surface area contributed by atoms with E-state index in [1.54, 1.807) is 0 Å². The van der Waals surface area contributed by atoms with E-state index in [1.165, 1.54) is 5.56 Å². The summed E-state index contributed by atoms with van der Waals surface area (Å²) in [5.74, 6) is 0. The van der Waals surface area contributed by atoms with Gasteiger partial charge in [-0.25, -0.2) is 0 Å². The zero-order valence-corrected chi connectivity index (χ0v) is 13.0. The van der Waals surface area contributed by atoms with E-state index in [1.807, 2.05) is 12.1 Å².